The molecule has 0 atom stereocenters. The predicted octanol–water partition coefficient (Wildman–Crippen LogP) is 0.849. The lowest BCUT2D eigenvalue weighted by Gasteiger charge is -2.16. The summed E-state index contributed by atoms with van der Waals surface area (Å²) >= 11 is 0. The van der Waals surface area contributed by atoms with Crippen LogP contribution in [0, 0.1) is 0 Å². The second-order valence-corrected chi connectivity index (χ2v) is 3.01. The van der Waals surface area contributed by atoms with Crippen LogP contribution in [0.3, 0.4) is 0 Å². The first-order chi connectivity index (χ1) is 6.86. The lowest BCUT2D eigenvalue weighted by molar-refractivity contribution is -0.124. The zero-order chi connectivity index (χ0) is 9.80. The van der Waals surface area contributed by atoms with E-state index in [0.29, 0.717) is 13.2 Å². The third kappa shape index (κ3) is 1.90. The van der Waals surface area contributed by atoms with E-state index in [2.05, 4.69) is 10.3 Å². The standard InChI is InChI=1S/C10H11N3O/c14-10-5-3-7-13(10)8-12-9-4-1-2-6-11-9/h1-6H,7-8H2,(H,11,12). The molecule has 72 valence electrons. The van der Waals surface area contributed by atoms with Crippen molar-refractivity contribution in [3.05, 3.63) is 36.5 Å². The molecule has 0 fully saturated rings. The van der Waals surface area contributed by atoms with Crippen LogP contribution in [0.15, 0.2) is 36.5 Å². The summed E-state index contributed by atoms with van der Waals surface area (Å²) in [5, 5.41) is 3.07. The number of nitrogens with zero attached hydrogens (tertiary/aromatic N) is 2. The molecule has 1 aliphatic rings. The second-order valence-electron chi connectivity index (χ2n) is 3.01. The van der Waals surface area contributed by atoms with Crippen LogP contribution < -0.4 is 5.32 Å². The number of carbonyl (C=O) groups excluding carboxylic acids is 1. The Labute approximate surface area is 82.3 Å². The monoisotopic (exact) mass is 189 g/mol. The van der Waals surface area contributed by atoms with Gasteiger partial charge in [0.15, 0.2) is 0 Å². The van der Waals surface area contributed by atoms with Crippen LogP contribution in [0.4, 0.5) is 5.82 Å². The van der Waals surface area contributed by atoms with E-state index >= 15 is 0 Å². The van der Waals surface area contributed by atoms with Crippen molar-refractivity contribution < 1.29 is 4.79 Å². The molecule has 2 heterocycles. The highest BCUT2D eigenvalue weighted by atomic mass is 16.2. The molecule has 0 aromatic carbocycles. The van der Waals surface area contributed by atoms with Crippen molar-refractivity contribution in [2.45, 2.75) is 0 Å². The molecule has 1 amide bonds. The largest absolute Gasteiger partial charge is 0.353 e. The molecule has 0 saturated heterocycles. The molecule has 0 aliphatic carbocycles. The van der Waals surface area contributed by atoms with Crippen LogP contribution in [-0.4, -0.2) is 29.0 Å². The number of pyridine rings is 1. The highest BCUT2D eigenvalue weighted by molar-refractivity contribution is 5.90. The Kier molecular flexibility index (Phi) is 2.44. The van der Waals surface area contributed by atoms with Gasteiger partial charge in [-0.3, -0.25) is 4.79 Å². The van der Waals surface area contributed by atoms with Gasteiger partial charge in [-0.15, -0.1) is 0 Å². The van der Waals surface area contributed by atoms with Gasteiger partial charge in [0.25, 0.3) is 0 Å². The van der Waals surface area contributed by atoms with Gasteiger partial charge < -0.3 is 10.2 Å². The van der Waals surface area contributed by atoms with Crippen molar-refractivity contribution >= 4 is 11.7 Å². The van der Waals surface area contributed by atoms with Crippen molar-refractivity contribution in [2.24, 2.45) is 0 Å². The van der Waals surface area contributed by atoms with Crippen molar-refractivity contribution in [1.29, 1.82) is 0 Å². The van der Waals surface area contributed by atoms with E-state index in [4.69, 9.17) is 0 Å². The van der Waals surface area contributed by atoms with Crippen LogP contribution in [0.1, 0.15) is 0 Å². The van der Waals surface area contributed by atoms with E-state index in [1.807, 2.05) is 24.3 Å². The van der Waals surface area contributed by atoms with Gasteiger partial charge in [0.05, 0.1) is 6.67 Å². The van der Waals surface area contributed by atoms with Gasteiger partial charge in [0.2, 0.25) is 5.91 Å². The van der Waals surface area contributed by atoms with E-state index in [9.17, 15) is 4.79 Å². The molecule has 4 nitrogen and oxygen atoms in total. The zero-order valence-electron chi connectivity index (χ0n) is 7.68. The normalized spacial score (nSPS) is 14.9. The first-order valence-corrected chi connectivity index (χ1v) is 4.46. The smallest absolute Gasteiger partial charge is 0.247 e. The van der Waals surface area contributed by atoms with E-state index in [0.717, 1.165) is 5.82 Å². The minimum Gasteiger partial charge on any atom is -0.353 e. The van der Waals surface area contributed by atoms with E-state index in [-0.39, 0.29) is 5.91 Å². The number of aromatic nitrogens is 1. The van der Waals surface area contributed by atoms with Gasteiger partial charge in [0, 0.05) is 18.8 Å². The molecule has 0 saturated carbocycles. The Hall–Kier alpha value is -1.84. The third-order valence-corrected chi connectivity index (χ3v) is 2.01. The Morgan fingerprint density at radius 2 is 2.43 bits per heavy atom. The Balaban J connectivity index is 1.86. The summed E-state index contributed by atoms with van der Waals surface area (Å²) in [6.07, 6.45) is 5.15. The molecule has 1 aromatic heterocycles. The fraction of sp³-hybridized carbons (Fsp3) is 0.200. The van der Waals surface area contributed by atoms with Gasteiger partial charge in [-0.25, -0.2) is 4.98 Å². The molecule has 14 heavy (non-hydrogen) atoms. The first-order valence-electron chi connectivity index (χ1n) is 4.46. The number of hydrogen-bond donors (Lipinski definition) is 1. The lowest BCUT2D eigenvalue weighted by atomic mass is 10.5. The Morgan fingerprint density at radius 3 is 3.07 bits per heavy atom. The van der Waals surface area contributed by atoms with E-state index < -0.39 is 0 Å². The summed E-state index contributed by atoms with van der Waals surface area (Å²) in [4.78, 5) is 17.0. The van der Waals surface area contributed by atoms with E-state index in [1.54, 1.807) is 17.2 Å². The number of hydrogen-bond acceptors (Lipinski definition) is 3. The number of amides is 1. The van der Waals surface area contributed by atoms with Gasteiger partial charge in [0.1, 0.15) is 5.82 Å². The molecule has 0 spiro atoms. The van der Waals surface area contributed by atoms with Crippen LogP contribution >= 0.6 is 0 Å². The van der Waals surface area contributed by atoms with Crippen molar-refractivity contribution in [3.63, 3.8) is 0 Å². The van der Waals surface area contributed by atoms with Crippen LogP contribution in [0.5, 0.6) is 0 Å². The summed E-state index contributed by atoms with van der Waals surface area (Å²) in [7, 11) is 0. The Bertz CT molecular complexity index is 348. The molecule has 0 unspecified atom stereocenters. The molecular formula is C10H11N3O. The maximum atomic E-state index is 11.2. The summed E-state index contributed by atoms with van der Waals surface area (Å²) < 4.78 is 0. The van der Waals surface area contributed by atoms with Gasteiger partial charge in [-0.2, -0.15) is 0 Å². The van der Waals surface area contributed by atoms with Gasteiger partial charge >= 0.3 is 0 Å². The molecule has 2 rings (SSSR count). The SMILES string of the molecule is O=C1C=CCN1CNc1ccccn1. The second kappa shape index (κ2) is 3.91. The molecule has 0 radical (unpaired) electrons. The predicted molar refractivity (Wildman–Crippen MR) is 53.6 cm³/mol. The number of anilines is 1. The summed E-state index contributed by atoms with van der Waals surface area (Å²) in [5.41, 5.74) is 0. The lowest BCUT2D eigenvalue weighted by Crippen LogP contribution is -2.31. The third-order valence-electron chi connectivity index (χ3n) is 2.01. The van der Waals surface area contributed by atoms with Crippen molar-refractivity contribution in [3.8, 4) is 0 Å². The van der Waals surface area contributed by atoms with Crippen LogP contribution in [0.25, 0.3) is 0 Å². The fourth-order valence-corrected chi connectivity index (χ4v) is 1.26. The minimum absolute atomic E-state index is 0.0495. The molecule has 4 heteroatoms. The van der Waals surface area contributed by atoms with Crippen LogP contribution in [-0.2, 0) is 4.79 Å². The van der Waals surface area contributed by atoms with Crippen LogP contribution in [0.2, 0.25) is 0 Å². The average Bonchev–Trinajstić information content (AvgIpc) is 2.63. The maximum Gasteiger partial charge on any atom is 0.247 e. The van der Waals surface area contributed by atoms with Gasteiger partial charge in [-0.05, 0) is 12.1 Å². The molecule has 1 N–H and O–H groups in total. The van der Waals surface area contributed by atoms with Crippen molar-refractivity contribution in [1.82, 2.24) is 9.88 Å². The highest BCUT2D eigenvalue weighted by Crippen LogP contribution is 2.03. The average molecular weight is 189 g/mol. The molecular weight excluding hydrogens is 178 g/mol. The summed E-state index contributed by atoms with van der Waals surface area (Å²) in [6, 6.07) is 5.63. The number of carbonyl (C=O) groups is 1. The molecule has 0 bridgehead atoms. The number of rotatable bonds is 3. The topological polar surface area (TPSA) is 45.2 Å². The fourth-order valence-electron chi connectivity index (χ4n) is 1.26. The molecule has 1 aromatic rings. The summed E-state index contributed by atoms with van der Waals surface area (Å²) in [6.45, 7) is 1.18. The van der Waals surface area contributed by atoms with Crippen molar-refractivity contribution in [2.75, 3.05) is 18.5 Å². The quantitative estimate of drug-likeness (QED) is 0.766. The molecule has 1 aliphatic heterocycles. The summed E-state index contributed by atoms with van der Waals surface area (Å²) in [5.74, 6) is 0.834. The van der Waals surface area contributed by atoms with E-state index in [1.165, 1.54) is 0 Å². The Morgan fingerprint density at radius 1 is 1.50 bits per heavy atom. The number of nitrogens with one attached hydrogen (secondary N) is 1. The maximum absolute atomic E-state index is 11.2. The minimum atomic E-state index is 0.0495. The highest BCUT2D eigenvalue weighted by Gasteiger charge is 2.13. The zero-order valence-corrected chi connectivity index (χ0v) is 7.68. The first kappa shape index (κ1) is 8.74. The van der Waals surface area contributed by atoms with Gasteiger partial charge in [-0.1, -0.05) is 12.1 Å².